The second kappa shape index (κ2) is 5.24. The second-order valence-electron chi connectivity index (χ2n) is 3.16. The molecular weight excluding hydrogens is 196 g/mol. The summed E-state index contributed by atoms with van der Waals surface area (Å²) in [5.41, 5.74) is -0.173. The van der Waals surface area contributed by atoms with Crippen molar-refractivity contribution < 1.29 is 19.7 Å². The van der Waals surface area contributed by atoms with Crippen molar-refractivity contribution >= 4 is 5.97 Å². The maximum atomic E-state index is 11.4. The van der Waals surface area contributed by atoms with Crippen LogP contribution in [0.2, 0.25) is 0 Å². The van der Waals surface area contributed by atoms with Gasteiger partial charge in [-0.05, 0) is 18.6 Å². The summed E-state index contributed by atoms with van der Waals surface area (Å²) in [6.07, 6.45) is 1.68. The lowest BCUT2D eigenvalue weighted by Crippen LogP contribution is -2.06. The van der Waals surface area contributed by atoms with E-state index in [0.717, 1.165) is 12.8 Å². The number of hydrogen-bond donors (Lipinski definition) is 2. The van der Waals surface area contributed by atoms with E-state index in [4.69, 9.17) is 4.74 Å². The standard InChI is InChI=1S/C11H14O4/c1-2-3-7-15-11(14)10-8(12)5-4-6-9(10)13/h4-6,12-13H,2-3,7H2,1H3. The lowest BCUT2D eigenvalue weighted by molar-refractivity contribution is 0.0493. The van der Waals surface area contributed by atoms with E-state index < -0.39 is 5.97 Å². The van der Waals surface area contributed by atoms with Gasteiger partial charge in [0.05, 0.1) is 6.61 Å². The number of carbonyl (C=O) groups excluding carboxylic acids is 1. The maximum Gasteiger partial charge on any atom is 0.345 e. The summed E-state index contributed by atoms with van der Waals surface area (Å²) in [6.45, 7) is 2.27. The van der Waals surface area contributed by atoms with Gasteiger partial charge in [0, 0.05) is 0 Å². The zero-order valence-corrected chi connectivity index (χ0v) is 8.56. The first-order chi connectivity index (χ1) is 7.16. The van der Waals surface area contributed by atoms with Crippen LogP contribution < -0.4 is 0 Å². The van der Waals surface area contributed by atoms with Crippen LogP contribution in [0.5, 0.6) is 11.5 Å². The predicted molar refractivity (Wildman–Crippen MR) is 55.0 cm³/mol. The fourth-order valence-electron chi connectivity index (χ4n) is 1.12. The molecule has 1 rings (SSSR count). The van der Waals surface area contributed by atoms with Gasteiger partial charge in [0.25, 0.3) is 0 Å². The Labute approximate surface area is 88.1 Å². The number of benzene rings is 1. The van der Waals surface area contributed by atoms with Crippen molar-refractivity contribution in [1.29, 1.82) is 0 Å². The number of aromatic hydroxyl groups is 2. The van der Waals surface area contributed by atoms with E-state index in [1.807, 2.05) is 6.92 Å². The molecule has 82 valence electrons. The second-order valence-corrected chi connectivity index (χ2v) is 3.16. The number of rotatable bonds is 4. The number of ether oxygens (including phenoxy) is 1. The van der Waals surface area contributed by atoms with Gasteiger partial charge in [-0.15, -0.1) is 0 Å². The summed E-state index contributed by atoms with van der Waals surface area (Å²) in [7, 11) is 0. The van der Waals surface area contributed by atoms with E-state index in [2.05, 4.69) is 0 Å². The van der Waals surface area contributed by atoms with E-state index in [0.29, 0.717) is 6.61 Å². The molecule has 0 heterocycles. The maximum absolute atomic E-state index is 11.4. The molecule has 0 aliphatic heterocycles. The average molecular weight is 210 g/mol. The first-order valence-corrected chi connectivity index (χ1v) is 4.85. The van der Waals surface area contributed by atoms with Gasteiger partial charge in [-0.25, -0.2) is 4.79 Å². The van der Waals surface area contributed by atoms with Crippen LogP contribution in [0.3, 0.4) is 0 Å². The van der Waals surface area contributed by atoms with E-state index in [9.17, 15) is 15.0 Å². The smallest absolute Gasteiger partial charge is 0.345 e. The molecule has 0 atom stereocenters. The SMILES string of the molecule is CCCCOC(=O)c1c(O)cccc1O. The minimum atomic E-state index is -0.695. The molecule has 0 amide bonds. The molecule has 0 aliphatic rings. The highest BCUT2D eigenvalue weighted by Crippen LogP contribution is 2.26. The third-order valence-corrected chi connectivity index (χ3v) is 1.96. The molecule has 4 heteroatoms. The lowest BCUT2D eigenvalue weighted by atomic mass is 10.2. The van der Waals surface area contributed by atoms with E-state index >= 15 is 0 Å². The van der Waals surface area contributed by atoms with E-state index in [-0.39, 0.29) is 17.1 Å². The Morgan fingerprint density at radius 1 is 1.33 bits per heavy atom. The molecule has 1 aromatic carbocycles. The molecule has 0 bridgehead atoms. The minimum absolute atomic E-state index is 0.173. The predicted octanol–water partition coefficient (Wildman–Crippen LogP) is 2.05. The highest BCUT2D eigenvalue weighted by molar-refractivity contribution is 5.95. The molecule has 0 radical (unpaired) electrons. The van der Waals surface area contributed by atoms with Gasteiger partial charge in [0.15, 0.2) is 0 Å². The van der Waals surface area contributed by atoms with Crippen molar-refractivity contribution in [3.63, 3.8) is 0 Å². The third-order valence-electron chi connectivity index (χ3n) is 1.96. The van der Waals surface area contributed by atoms with Crippen LogP contribution in [0.15, 0.2) is 18.2 Å². The number of phenolic OH excluding ortho intramolecular Hbond substituents is 2. The van der Waals surface area contributed by atoms with Gasteiger partial charge in [-0.1, -0.05) is 19.4 Å². The van der Waals surface area contributed by atoms with Gasteiger partial charge in [-0.3, -0.25) is 0 Å². The topological polar surface area (TPSA) is 66.8 Å². The molecule has 0 saturated carbocycles. The molecule has 0 aliphatic carbocycles. The number of phenols is 2. The minimum Gasteiger partial charge on any atom is -0.507 e. The van der Waals surface area contributed by atoms with Crippen molar-refractivity contribution in [2.24, 2.45) is 0 Å². The zero-order chi connectivity index (χ0) is 11.3. The van der Waals surface area contributed by atoms with Crippen molar-refractivity contribution in [3.05, 3.63) is 23.8 Å². The summed E-state index contributed by atoms with van der Waals surface area (Å²) in [5, 5.41) is 18.7. The van der Waals surface area contributed by atoms with Crippen LogP contribution in [0, 0.1) is 0 Å². The molecule has 0 spiro atoms. The highest BCUT2D eigenvalue weighted by atomic mass is 16.5. The van der Waals surface area contributed by atoms with Crippen LogP contribution in [0.25, 0.3) is 0 Å². The van der Waals surface area contributed by atoms with Crippen LogP contribution in [0.1, 0.15) is 30.1 Å². The van der Waals surface area contributed by atoms with Crippen molar-refractivity contribution in [2.45, 2.75) is 19.8 Å². The fraction of sp³-hybridized carbons (Fsp3) is 0.364. The molecule has 0 aromatic heterocycles. The largest absolute Gasteiger partial charge is 0.507 e. The van der Waals surface area contributed by atoms with Crippen LogP contribution >= 0.6 is 0 Å². The monoisotopic (exact) mass is 210 g/mol. The summed E-state index contributed by atoms with van der Waals surface area (Å²) >= 11 is 0. The Balaban J connectivity index is 2.73. The molecule has 1 aromatic rings. The summed E-state index contributed by atoms with van der Waals surface area (Å²) in [5.74, 6) is -1.23. The summed E-state index contributed by atoms with van der Waals surface area (Å²) < 4.78 is 4.87. The van der Waals surface area contributed by atoms with Crippen LogP contribution in [0.4, 0.5) is 0 Å². The summed E-state index contributed by atoms with van der Waals surface area (Å²) in [4.78, 5) is 11.4. The Morgan fingerprint density at radius 3 is 2.47 bits per heavy atom. The van der Waals surface area contributed by atoms with Crippen molar-refractivity contribution in [1.82, 2.24) is 0 Å². The average Bonchev–Trinajstić information content (AvgIpc) is 2.18. The molecule has 15 heavy (non-hydrogen) atoms. The van der Waals surface area contributed by atoms with Gasteiger partial charge in [0.1, 0.15) is 17.1 Å². The molecule has 0 saturated heterocycles. The van der Waals surface area contributed by atoms with Crippen molar-refractivity contribution in [3.8, 4) is 11.5 Å². The lowest BCUT2D eigenvalue weighted by Gasteiger charge is -2.06. The Morgan fingerprint density at radius 2 is 1.93 bits per heavy atom. The van der Waals surface area contributed by atoms with Gasteiger partial charge in [-0.2, -0.15) is 0 Å². The van der Waals surface area contributed by atoms with Gasteiger partial charge in [0.2, 0.25) is 0 Å². The highest BCUT2D eigenvalue weighted by Gasteiger charge is 2.16. The number of hydrogen-bond acceptors (Lipinski definition) is 4. The molecule has 2 N–H and O–H groups in total. The first-order valence-electron chi connectivity index (χ1n) is 4.85. The van der Waals surface area contributed by atoms with Gasteiger partial charge >= 0.3 is 5.97 Å². The quantitative estimate of drug-likeness (QED) is 0.589. The molecule has 4 nitrogen and oxygen atoms in total. The number of unbranched alkanes of at least 4 members (excludes halogenated alkanes) is 1. The molecule has 0 unspecified atom stereocenters. The Hall–Kier alpha value is -1.71. The number of carbonyl (C=O) groups is 1. The van der Waals surface area contributed by atoms with Crippen LogP contribution in [-0.4, -0.2) is 22.8 Å². The third kappa shape index (κ3) is 2.87. The van der Waals surface area contributed by atoms with Crippen LogP contribution in [-0.2, 0) is 4.74 Å². The Kier molecular flexibility index (Phi) is 3.97. The summed E-state index contributed by atoms with van der Waals surface area (Å²) in [6, 6.07) is 4.11. The van der Waals surface area contributed by atoms with Crippen molar-refractivity contribution in [2.75, 3.05) is 6.61 Å². The zero-order valence-electron chi connectivity index (χ0n) is 8.56. The van der Waals surface area contributed by atoms with E-state index in [1.54, 1.807) is 0 Å². The number of esters is 1. The molecule has 0 fully saturated rings. The van der Waals surface area contributed by atoms with E-state index in [1.165, 1.54) is 18.2 Å². The normalized spacial score (nSPS) is 9.93. The van der Waals surface area contributed by atoms with Gasteiger partial charge < -0.3 is 14.9 Å². The first kappa shape index (κ1) is 11.4. The molecular formula is C11H14O4. The fourth-order valence-corrected chi connectivity index (χ4v) is 1.12. The Bertz CT molecular complexity index is 326.